The van der Waals surface area contributed by atoms with Gasteiger partial charge in [0.15, 0.2) is 22.5 Å². The number of ether oxygens (including phenoxy) is 1. The number of likely N-dealkylation sites (tertiary alicyclic amines) is 1. The molecule has 1 atom stereocenters. The summed E-state index contributed by atoms with van der Waals surface area (Å²) in [6.07, 6.45) is 2.90. The summed E-state index contributed by atoms with van der Waals surface area (Å²) in [4.78, 5) is 45.4. The number of carbonyl (C=O) groups excluding carboxylic acids is 2. The Morgan fingerprint density at radius 1 is 0.933 bits per heavy atom. The average Bonchev–Trinajstić information content (AvgIpc) is 3.02. The van der Waals surface area contributed by atoms with E-state index in [-0.39, 0.29) is 28.7 Å². The normalized spacial score (nSPS) is 20.8. The molecule has 0 bridgehead atoms. The SMILES string of the molecule is CC[C@H]1CN(c2nc(N)c(C(=O)N3CCN(C(=O)OC(C)(C)C)CC3)nc2Cl)CCN1C1CCN(Cc2ccc(Cl)cc2)CC1. The number of piperidine rings is 1. The monoisotopic (exact) mass is 660 g/mol. The van der Waals surface area contributed by atoms with Gasteiger partial charge in [0.05, 0.1) is 0 Å². The average molecular weight is 662 g/mol. The molecule has 3 aliphatic heterocycles. The minimum atomic E-state index is -0.576. The Kier molecular flexibility index (Phi) is 10.6. The smallest absolute Gasteiger partial charge is 0.410 e. The number of hydrogen-bond donors (Lipinski definition) is 1. The van der Waals surface area contributed by atoms with Crippen LogP contribution in [0.1, 0.15) is 63.0 Å². The largest absolute Gasteiger partial charge is 0.444 e. The topological polar surface area (TPSA) is 111 Å². The van der Waals surface area contributed by atoms with Crippen LogP contribution in [0.25, 0.3) is 0 Å². The molecule has 13 heteroatoms. The Hall–Kier alpha value is -2.86. The van der Waals surface area contributed by atoms with E-state index in [0.29, 0.717) is 44.1 Å². The number of anilines is 2. The first-order valence-electron chi connectivity index (χ1n) is 16.0. The number of rotatable bonds is 6. The Morgan fingerprint density at radius 3 is 2.20 bits per heavy atom. The van der Waals surface area contributed by atoms with Gasteiger partial charge in [-0.3, -0.25) is 14.6 Å². The van der Waals surface area contributed by atoms with Crippen molar-refractivity contribution in [2.45, 2.75) is 71.2 Å². The first-order chi connectivity index (χ1) is 21.4. The van der Waals surface area contributed by atoms with Crippen molar-refractivity contribution in [3.63, 3.8) is 0 Å². The maximum absolute atomic E-state index is 13.3. The second-order valence-electron chi connectivity index (χ2n) is 13.2. The van der Waals surface area contributed by atoms with Crippen LogP contribution in [0, 0.1) is 0 Å². The van der Waals surface area contributed by atoms with Crippen LogP contribution in [0.3, 0.4) is 0 Å². The summed E-state index contributed by atoms with van der Waals surface area (Å²) in [5.74, 6) is 0.254. The van der Waals surface area contributed by atoms with Crippen LogP contribution >= 0.6 is 23.2 Å². The van der Waals surface area contributed by atoms with Crippen molar-refractivity contribution >= 4 is 46.8 Å². The van der Waals surface area contributed by atoms with E-state index in [9.17, 15) is 9.59 Å². The van der Waals surface area contributed by atoms with E-state index in [1.54, 1.807) is 9.80 Å². The third-order valence-corrected chi connectivity index (χ3v) is 9.43. The maximum atomic E-state index is 13.3. The Balaban J connectivity index is 1.16. The number of carbonyl (C=O) groups is 2. The molecule has 5 rings (SSSR count). The minimum absolute atomic E-state index is 0.0468. The molecule has 2 amide bonds. The molecule has 0 saturated carbocycles. The van der Waals surface area contributed by atoms with Gasteiger partial charge in [0.2, 0.25) is 0 Å². The summed E-state index contributed by atoms with van der Waals surface area (Å²) < 4.78 is 5.46. The van der Waals surface area contributed by atoms with Crippen molar-refractivity contribution < 1.29 is 14.3 Å². The Bertz CT molecular complexity index is 1340. The third kappa shape index (κ3) is 8.30. The molecule has 4 heterocycles. The number of benzene rings is 1. The summed E-state index contributed by atoms with van der Waals surface area (Å²) in [6.45, 7) is 14.7. The molecule has 0 radical (unpaired) electrons. The summed E-state index contributed by atoms with van der Waals surface area (Å²) in [7, 11) is 0. The van der Waals surface area contributed by atoms with E-state index in [2.05, 4.69) is 43.7 Å². The van der Waals surface area contributed by atoms with Gasteiger partial charge in [0, 0.05) is 69.5 Å². The molecule has 1 aromatic heterocycles. The Morgan fingerprint density at radius 2 is 1.58 bits per heavy atom. The summed E-state index contributed by atoms with van der Waals surface area (Å²) >= 11 is 12.7. The number of nitrogen functional groups attached to an aromatic ring is 1. The summed E-state index contributed by atoms with van der Waals surface area (Å²) in [5.41, 5.74) is 7.09. The van der Waals surface area contributed by atoms with Crippen LogP contribution in [0.2, 0.25) is 10.2 Å². The number of hydrogen-bond acceptors (Lipinski definition) is 9. The molecule has 45 heavy (non-hydrogen) atoms. The number of halogens is 2. The molecule has 0 aliphatic carbocycles. The van der Waals surface area contributed by atoms with E-state index >= 15 is 0 Å². The standard InChI is InChI=1S/C32H46Cl2N8O3/c1-5-24-21-41(18-19-42(24)25-10-12-38(13-11-25)20-22-6-8-23(33)9-7-22)29-27(34)36-26(28(35)37-29)30(43)39-14-16-40(17-15-39)31(44)45-32(2,3)4/h6-9,24-25H,5,10-21H2,1-4H3,(H2,35,37)/t24-/m0/s1. The highest BCUT2D eigenvalue weighted by Gasteiger charge is 2.35. The molecular formula is C32H46Cl2N8O3. The van der Waals surface area contributed by atoms with Crippen molar-refractivity contribution in [2.75, 3.05) is 69.5 Å². The van der Waals surface area contributed by atoms with Crippen molar-refractivity contribution in [1.82, 2.24) is 29.6 Å². The number of nitrogens with two attached hydrogens (primary N) is 1. The van der Waals surface area contributed by atoms with Gasteiger partial charge in [-0.05, 0) is 70.8 Å². The van der Waals surface area contributed by atoms with Crippen molar-refractivity contribution in [3.05, 3.63) is 45.7 Å². The predicted molar refractivity (Wildman–Crippen MR) is 178 cm³/mol. The van der Waals surface area contributed by atoms with Crippen LogP contribution < -0.4 is 10.6 Å². The highest BCUT2D eigenvalue weighted by Crippen LogP contribution is 2.30. The molecule has 1 aromatic carbocycles. The minimum Gasteiger partial charge on any atom is -0.444 e. The quantitative estimate of drug-likeness (QED) is 0.474. The van der Waals surface area contributed by atoms with E-state index in [1.165, 1.54) is 5.56 Å². The van der Waals surface area contributed by atoms with Crippen molar-refractivity contribution in [1.29, 1.82) is 0 Å². The van der Waals surface area contributed by atoms with Crippen LogP contribution in [-0.4, -0.2) is 118 Å². The van der Waals surface area contributed by atoms with Crippen LogP contribution in [0.15, 0.2) is 24.3 Å². The van der Waals surface area contributed by atoms with E-state index in [0.717, 1.165) is 63.6 Å². The second-order valence-corrected chi connectivity index (χ2v) is 14.0. The van der Waals surface area contributed by atoms with Gasteiger partial charge in [-0.15, -0.1) is 0 Å². The van der Waals surface area contributed by atoms with E-state index < -0.39 is 5.60 Å². The lowest BCUT2D eigenvalue weighted by atomic mass is 9.98. The van der Waals surface area contributed by atoms with Crippen LogP contribution in [-0.2, 0) is 11.3 Å². The van der Waals surface area contributed by atoms with Gasteiger partial charge in [0.25, 0.3) is 5.91 Å². The zero-order chi connectivity index (χ0) is 32.3. The first kappa shape index (κ1) is 33.5. The molecule has 0 spiro atoms. The fourth-order valence-electron chi connectivity index (χ4n) is 6.51. The van der Waals surface area contributed by atoms with Crippen LogP contribution in [0.4, 0.5) is 16.4 Å². The third-order valence-electron chi connectivity index (χ3n) is 8.93. The number of amides is 2. The van der Waals surface area contributed by atoms with Gasteiger partial charge in [0.1, 0.15) is 5.60 Å². The Labute approximate surface area is 276 Å². The fourth-order valence-corrected chi connectivity index (χ4v) is 6.88. The van der Waals surface area contributed by atoms with Crippen LogP contribution in [0.5, 0.6) is 0 Å². The summed E-state index contributed by atoms with van der Waals surface area (Å²) in [6, 6.07) is 9.04. The lowest BCUT2D eigenvalue weighted by molar-refractivity contribution is 0.0140. The molecule has 3 saturated heterocycles. The molecule has 3 aliphatic rings. The number of piperazine rings is 2. The molecule has 2 aromatic rings. The van der Waals surface area contributed by atoms with Gasteiger partial charge in [-0.1, -0.05) is 42.3 Å². The summed E-state index contributed by atoms with van der Waals surface area (Å²) in [5, 5.41) is 0.951. The van der Waals surface area contributed by atoms with Gasteiger partial charge in [-0.25, -0.2) is 14.8 Å². The molecule has 246 valence electrons. The highest BCUT2D eigenvalue weighted by molar-refractivity contribution is 6.32. The molecule has 0 unspecified atom stereocenters. The lowest BCUT2D eigenvalue weighted by Gasteiger charge is -2.47. The van der Waals surface area contributed by atoms with Gasteiger partial charge < -0.3 is 25.2 Å². The van der Waals surface area contributed by atoms with E-state index in [4.69, 9.17) is 33.7 Å². The van der Waals surface area contributed by atoms with Gasteiger partial charge >= 0.3 is 6.09 Å². The fraction of sp³-hybridized carbons (Fsp3) is 0.625. The highest BCUT2D eigenvalue weighted by atomic mass is 35.5. The number of aromatic nitrogens is 2. The van der Waals surface area contributed by atoms with Crippen molar-refractivity contribution in [3.8, 4) is 0 Å². The molecule has 3 fully saturated rings. The zero-order valence-electron chi connectivity index (χ0n) is 26.8. The maximum Gasteiger partial charge on any atom is 0.410 e. The predicted octanol–water partition coefficient (Wildman–Crippen LogP) is 4.62. The number of nitrogens with zero attached hydrogens (tertiary/aromatic N) is 7. The first-order valence-corrected chi connectivity index (χ1v) is 16.7. The molecule has 2 N–H and O–H groups in total. The second kappa shape index (κ2) is 14.3. The molecule has 11 nitrogen and oxygen atoms in total. The lowest BCUT2D eigenvalue weighted by Crippen LogP contribution is -2.58. The molecular weight excluding hydrogens is 615 g/mol. The zero-order valence-corrected chi connectivity index (χ0v) is 28.4. The van der Waals surface area contributed by atoms with Crippen molar-refractivity contribution in [2.24, 2.45) is 0 Å². The van der Waals surface area contributed by atoms with Gasteiger partial charge in [-0.2, -0.15) is 0 Å². The van der Waals surface area contributed by atoms with E-state index in [1.807, 2.05) is 32.9 Å².